The van der Waals surface area contributed by atoms with Gasteiger partial charge in [0.15, 0.2) is 11.5 Å². The molecule has 0 atom stereocenters. The van der Waals surface area contributed by atoms with Crippen LogP contribution in [0.3, 0.4) is 0 Å². The predicted octanol–water partition coefficient (Wildman–Crippen LogP) is 2.58. The van der Waals surface area contributed by atoms with Crippen LogP contribution < -0.4 is 10.1 Å². The van der Waals surface area contributed by atoms with Gasteiger partial charge in [-0.05, 0) is 43.9 Å². The second-order valence-corrected chi connectivity index (χ2v) is 8.42. The molecule has 1 N–H and O–H groups in total. The number of ether oxygens (including phenoxy) is 1. The maximum atomic E-state index is 13.2. The van der Waals surface area contributed by atoms with Crippen molar-refractivity contribution in [3.8, 4) is 11.6 Å². The quantitative estimate of drug-likeness (QED) is 0.431. The minimum absolute atomic E-state index is 0.103. The number of hydrogen-bond acceptors (Lipinski definition) is 7. The topological polar surface area (TPSA) is 117 Å². The first-order chi connectivity index (χ1) is 16.7. The van der Waals surface area contributed by atoms with E-state index in [1.807, 2.05) is 24.4 Å². The minimum atomic E-state index is -0.149. The lowest BCUT2D eigenvalue weighted by atomic mass is 9.91. The van der Waals surface area contributed by atoms with Crippen LogP contribution in [0.2, 0.25) is 0 Å². The maximum absolute atomic E-state index is 13.2. The molecule has 0 bridgehead atoms. The Kier molecular flexibility index (Phi) is 4.93. The third-order valence-corrected chi connectivity index (χ3v) is 6.36. The number of nitrogens with one attached hydrogen (secondary N) is 1. The van der Waals surface area contributed by atoms with E-state index in [1.165, 1.54) is 0 Å². The summed E-state index contributed by atoms with van der Waals surface area (Å²) >= 11 is 0. The lowest BCUT2D eigenvalue weighted by Crippen LogP contribution is -2.38. The molecule has 0 aliphatic heterocycles. The number of amides is 1. The number of nitrogens with zero attached hydrogens (tertiary/aromatic N) is 8. The van der Waals surface area contributed by atoms with Gasteiger partial charge in [0.05, 0.1) is 42.8 Å². The number of rotatable bonds is 5. The van der Waals surface area contributed by atoms with Gasteiger partial charge in [0.2, 0.25) is 0 Å². The van der Waals surface area contributed by atoms with Crippen molar-refractivity contribution in [3.63, 3.8) is 0 Å². The van der Waals surface area contributed by atoms with Gasteiger partial charge < -0.3 is 10.1 Å². The molecule has 11 nitrogen and oxygen atoms in total. The first-order valence-corrected chi connectivity index (χ1v) is 11.2. The van der Waals surface area contributed by atoms with E-state index in [-0.39, 0.29) is 18.0 Å². The van der Waals surface area contributed by atoms with Gasteiger partial charge in [-0.25, -0.2) is 9.67 Å². The van der Waals surface area contributed by atoms with Crippen molar-refractivity contribution in [1.29, 1.82) is 0 Å². The first kappa shape index (κ1) is 20.3. The van der Waals surface area contributed by atoms with Crippen LogP contribution in [0.1, 0.15) is 42.1 Å². The maximum Gasteiger partial charge on any atom is 0.255 e. The molecule has 1 saturated carbocycles. The van der Waals surface area contributed by atoms with Crippen molar-refractivity contribution in [1.82, 2.24) is 44.7 Å². The van der Waals surface area contributed by atoms with Crippen molar-refractivity contribution in [2.75, 3.05) is 7.11 Å². The fourth-order valence-electron chi connectivity index (χ4n) is 4.62. The summed E-state index contributed by atoms with van der Waals surface area (Å²) in [5, 5.41) is 21.5. The summed E-state index contributed by atoms with van der Waals surface area (Å²) in [7, 11) is 1.56. The fourth-order valence-corrected chi connectivity index (χ4v) is 4.62. The van der Waals surface area contributed by atoms with E-state index >= 15 is 0 Å². The zero-order valence-corrected chi connectivity index (χ0v) is 18.6. The van der Waals surface area contributed by atoms with E-state index in [9.17, 15) is 4.79 Å². The zero-order chi connectivity index (χ0) is 23.1. The molecule has 6 rings (SSSR count). The van der Waals surface area contributed by atoms with Crippen LogP contribution in [-0.2, 0) is 0 Å². The summed E-state index contributed by atoms with van der Waals surface area (Å²) in [4.78, 5) is 19.3. The van der Waals surface area contributed by atoms with Gasteiger partial charge in [-0.2, -0.15) is 29.7 Å². The second kappa shape index (κ2) is 8.25. The zero-order valence-electron chi connectivity index (χ0n) is 18.6. The fraction of sp³-hybridized carbons (Fsp3) is 0.304. The van der Waals surface area contributed by atoms with Crippen molar-refractivity contribution in [2.45, 2.75) is 37.8 Å². The molecule has 1 aliphatic carbocycles. The Morgan fingerprint density at radius 1 is 1.09 bits per heavy atom. The number of hydrogen-bond donors (Lipinski definition) is 1. The van der Waals surface area contributed by atoms with E-state index in [2.05, 4.69) is 30.7 Å². The highest BCUT2D eigenvalue weighted by molar-refractivity contribution is 6.01. The monoisotopic (exact) mass is 457 g/mol. The molecule has 172 valence electrons. The third kappa shape index (κ3) is 3.54. The van der Waals surface area contributed by atoms with Crippen LogP contribution in [0.5, 0.6) is 5.75 Å². The van der Waals surface area contributed by atoms with E-state index in [0.29, 0.717) is 22.6 Å². The Morgan fingerprint density at radius 2 is 1.91 bits per heavy atom. The van der Waals surface area contributed by atoms with Gasteiger partial charge in [0.25, 0.3) is 5.91 Å². The van der Waals surface area contributed by atoms with Crippen LogP contribution >= 0.6 is 0 Å². The highest BCUT2D eigenvalue weighted by Gasteiger charge is 2.26. The molecule has 1 aromatic carbocycles. The van der Waals surface area contributed by atoms with Crippen LogP contribution in [0.4, 0.5) is 0 Å². The number of imidazole rings is 1. The van der Waals surface area contributed by atoms with E-state index < -0.39 is 0 Å². The Labute approximate surface area is 194 Å². The highest BCUT2D eigenvalue weighted by Crippen LogP contribution is 2.29. The standard InChI is InChI=1S/C23H23N9O2/c1-34-20-12-19-15(14-30(29-19)22-13-24-21-3-2-8-25-31(21)22)11-18(20)23(33)28-16-4-6-17(7-5-16)32-26-9-10-27-32/h2-3,8-14,16-17H,4-7H2,1H3,(H,28,33). The largest absolute Gasteiger partial charge is 0.496 e. The Morgan fingerprint density at radius 3 is 2.71 bits per heavy atom. The smallest absolute Gasteiger partial charge is 0.255 e. The highest BCUT2D eigenvalue weighted by atomic mass is 16.5. The first-order valence-electron chi connectivity index (χ1n) is 11.2. The van der Waals surface area contributed by atoms with E-state index in [1.54, 1.807) is 52.0 Å². The van der Waals surface area contributed by atoms with Crippen LogP contribution in [0.25, 0.3) is 22.4 Å². The second-order valence-electron chi connectivity index (χ2n) is 8.42. The Bertz CT molecular complexity index is 1460. The molecule has 4 aromatic heterocycles. The SMILES string of the molecule is COc1cc2nn(-c3cnc4cccnn34)cc2cc1C(=O)NC1CCC(n2nccn2)CC1. The summed E-state index contributed by atoms with van der Waals surface area (Å²) in [6.07, 6.45) is 12.3. The minimum Gasteiger partial charge on any atom is -0.496 e. The Hall–Kier alpha value is -4.28. The molecule has 5 aromatic rings. The molecular formula is C23H23N9O2. The molecule has 4 heterocycles. The predicted molar refractivity (Wildman–Crippen MR) is 123 cm³/mol. The summed E-state index contributed by atoms with van der Waals surface area (Å²) < 4.78 is 8.97. The van der Waals surface area contributed by atoms with Crippen molar-refractivity contribution >= 4 is 22.5 Å². The number of carbonyl (C=O) groups excluding carboxylic acids is 1. The van der Waals surface area contributed by atoms with Gasteiger partial charge in [-0.1, -0.05) is 0 Å². The van der Waals surface area contributed by atoms with Gasteiger partial charge >= 0.3 is 0 Å². The average Bonchev–Trinajstić information content (AvgIpc) is 3.62. The van der Waals surface area contributed by atoms with Crippen LogP contribution in [0, 0.1) is 0 Å². The molecule has 0 radical (unpaired) electrons. The summed E-state index contributed by atoms with van der Waals surface area (Å²) in [5.41, 5.74) is 1.93. The lowest BCUT2D eigenvalue weighted by Gasteiger charge is -2.28. The number of benzene rings is 1. The molecule has 11 heteroatoms. The van der Waals surface area contributed by atoms with E-state index in [0.717, 1.165) is 36.7 Å². The molecule has 0 saturated heterocycles. The van der Waals surface area contributed by atoms with Gasteiger partial charge in [-0.3, -0.25) is 4.79 Å². The molecule has 1 aliphatic rings. The average molecular weight is 457 g/mol. The molecular weight excluding hydrogens is 434 g/mol. The lowest BCUT2D eigenvalue weighted by molar-refractivity contribution is 0.0917. The van der Waals surface area contributed by atoms with Crippen molar-refractivity contribution < 1.29 is 9.53 Å². The molecule has 0 spiro atoms. The molecule has 1 amide bonds. The number of carbonyl (C=O) groups is 1. The normalized spacial score (nSPS) is 18.4. The van der Waals surface area contributed by atoms with Crippen molar-refractivity contribution in [3.05, 3.63) is 60.8 Å². The number of fused-ring (bicyclic) bond motifs is 2. The van der Waals surface area contributed by atoms with Crippen LogP contribution in [0.15, 0.2) is 55.2 Å². The number of methoxy groups -OCH3 is 1. The third-order valence-electron chi connectivity index (χ3n) is 6.36. The van der Waals surface area contributed by atoms with Crippen LogP contribution in [-0.4, -0.2) is 58.4 Å². The Balaban J connectivity index is 1.24. The summed E-state index contributed by atoms with van der Waals surface area (Å²) in [6.45, 7) is 0. The summed E-state index contributed by atoms with van der Waals surface area (Å²) in [6, 6.07) is 7.72. The van der Waals surface area contributed by atoms with E-state index in [4.69, 9.17) is 4.74 Å². The van der Waals surface area contributed by atoms with Gasteiger partial charge in [0, 0.05) is 29.9 Å². The van der Waals surface area contributed by atoms with Gasteiger partial charge in [-0.15, -0.1) is 0 Å². The van der Waals surface area contributed by atoms with Gasteiger partial charge in [0.1, 0.15) is 5.75 Å². The molecule has 1 fully saturated rings. The molecule has 34 heavy (non-hydrogen) atoms. The molecule has 0 unspecified atom stereocenters. The summed E-state index contributed by atoms with van der Waals surface area (Å²) in [5.74, 6) is 1.05. The number of aromatic nitrogens is 8. The van der Waals surface area contributed by atoms with Crippen molar-refractivity contribution in [2.24, 2.45) is 0 Å².